The minimum Gasteiger partial charge on any atom is -0.497 e. The first-order valence-electron chi connectivity index (χ1n) is 6.80. The second kappa shape index (κ2) is 8.11. The van der Waals surface area contributed by atoms with Gasteiger partial charge in [0, 0.05) is 5.56 Å². The minimum absolute atomic E-state index is 0.373. The maximum absolute atomic E-state index is 5.73. The topological polar surface area (TPSA) is 44.5 Å². The van der Waals surface area contributed by atoms with Gasteiger partial charge in [-0.15, -0.1) is 0 Å². The standard InChI is InChI=1S/C18H19NO2/c1-20-18-9-7-16(8-10-18)13-21-14-17-5-2-4-15(12-17)6-3-11-19/h2,4-5,7-10,12H,11,13-14,19H2,1H3. The zero-order valence-electron chi connectivity index (χ0n) is 12.1. The van der Waals surface area contributed by atoms with Gasteiger partial charge >= 0.3 is 0 Å². The summed E-state index contributed by atoms with van der Waals surface area (Å²) < 4.78 is 10.9. The smallest absolute Gasteiger partial charge is 0.118 e. The van der Waals surface area contributed by atoms with Crippen molar-refractivity contribution in [2.45, 2.75) is 13.2 Å². The van der Waals surface area contributed by atoms with Gasteiger partial charge in [-0.1, -0.05) is 36.1 Å². The molecule has 0 aliphatic carbocycles. The lowest BCUT2D eigenvalue weighted by atomic mass is 10.1. The van der Waals surface area contributed by atoms with E-state index in [2.05, 4.69) is 11.8 Å². The van der Waals surface area contributed by atoms with Crippen molar-refractivity contribution in [2.24, 2.45) is 5.73 Å². The fourth-order valence-corrected chi connectivity index (χ4v) is 1.90. The molecule has 0 saturated heterocycles. The summed E-state index contributed by atoms with van der Waals surface area (Å²) in [6.45, 7) is 1.51. The Morgan fingerprint density at radius 2 is 1.76 bits per heavy atom. The predicted octanol–water partition coefficient (Wildman–Crippen LogP) is 2.72. The quantitative estimate of drug-likeness (QED) is 0.857. The Hall–Kier alpha value is -2.28. The maximum atomic E-state index is 5.73. The van der Waals surface area contributed by atoms with Gasteiger partial charge in [0.05, 0.1) is 26.9 Å². The van der Waals surface area contributed by atoms with Crippen molar-refractivity contribution in [3.8, 4) is 17.6 Å². The van der Waals surface area contributed by atoms with E-state index in [1.165, 1.54) is 0 Å². The molecule has 3 heteroatoms. The van der Waals surface area contributed by atoms with Gasteiger partial charge in [0.25, 0.3) is 0 Å². The zero-order chi connectivity index (χ0) is 14.9. The van der Waals surface area contributed by atoms with E-state index in [-0.39, 0.29) is 0 Å². The zero-order valence-corrected chi connectivity index (χ0v) is 12.1. The van der Waals surface area contributed by atoms with E-state index in [4.69, 9.17) is 15.2 Å². The van der Waals surface area contributed by atoms with Crippen LogP contribution in [-0.4, -0.2) is 13.7 Å². The van der Waals surface area contributed by atoms with E-state index >= 15 is 0 Å². The molecule has 3 nitrogen and oxygen atoms in total. The first-order chi connectivity index (χ1) is 10.3. The summed E-state index contributed by atoms with van der Waals surface area (Å²) in [4.78, 5) is 0. The van der Waals surface area contributed by atoms with Crippen molar-refractivity contribution in [3.63, 3.8) is 0 Å². The van der Waals surface area contributed by atoms with Crippen LogP contribution < -0.4 is 10.5 Å². The van der Waals surface area contributed by atoms with E-state index in [1.807, 2.05) is 48.5 Å². The van der Waals surface area contributed by atoms with Crippen LogP contribution >= 0.6 is 0 Å². The fraction of sp³-hybridized carbons (Fsp3) is 0.222. The Morgan fingerprint density at radius 3 is 2.48 bits per heavy atom. The van der Waals surface area contributed by atoms with Gasteiger partial charge in [-0.05, 0) is 35.4 Å². The number of nitrogens with two attached hydrogens (primary N) is 1. The first kappa shape index (κ1) is 15.1. The van der Waals surface area contributed by atoms with E-state index in [9.17, 15) is 0 Å². The molecule has 0 fully saturated rings. The highest BCUT2D eigenvalue weighted by atomic mass is 16.5. The Bertz CT molecular complexity index is 624. The highest BCUT2D eigenvalue weighted by Gasteiger charge is 1.97. The molecule has 0 aliphatic rings. The second-order valence-corrected chi connectivity index (χ2v) is 4.55. The summed E-state index contributed by atoms with van der Waals surface area (Å²) in [5.41, 5.74) is 8.56. The summed E-state index contributed by atoms with van der Waals surface area (Å²) in [6, 6.07) is 15.9. The van der Waals surface area contributed by atoms with Gasteiger partial charge < -0.3 is 15.2 Å². The van der Waals surface area contributed by atoms with Gasteiger partial charge in [-0.2, -0.15) is 0 Å². The van der Waals surface area contributed by atoms with E-state index in [0.717, 1.165) is 22.4 Å². The number of methoxy groups -OCH3 is 1. The SMILES string of the molecule is COc1ccc(COCc2cccc(C#CCN)c2)cc1. The molecule has 0 amide bonds. The molecular formula is C18H19NO2. The average Bonchev–Trinajstić information content (AvgIpc) is 2.54. The Labute approximate surface area is 125 Å². The van der Waals surface area contributed by atoms with Crippen molar-refractivity contribution in [3.05, 3.63) is 65.2 Å². The third kappa shape index (κ3) is 4.96. The molecule has 0 radical (unpaired) electrons. The lowest BCUT2D eigenvalue weighted by molar-refractivity contribution is 0.107. The Kier molecular flexibility index (Phi) is 5.83. The maximum Gasteiger partial charge on any atom is 0.118 e. The molecule has 2 N–H and O–H groups in total. The van der Waals surface area contributed by atoms with E-state index in [0.29, 0.717) is 19.8 Å². The van der Waals surface area contributed by atoms with Crippen LogP contribution in [0.15, 0.2) is 48.5 Å². The van der Waals surface area contributed by atoms with Crippen LogP contribution in [0.5, 0.6) is 5.75 Å². The van der Waals surface area contributed by atoms with Crippen molar-refractivity contribution in [1.82, 2.24) is 0 Å². The third-order valence-corrected chi connectivity index (χ3v) is 2.96. The van der Waals surface area contributed by atoms with Gasteiger partial charge in [-0.25, -0.2) is 0 Å². The van der Waals surface area contributed by atoms with Gasteiger partial charge in [0.2, 0.25) is 0 Å². The first-order valence-corrected chi connectivity index (χ1v) is 6.80. The number of benzene rings is 2. The van der Waals surface area contributed by atoms with E-state index in [1.54, 1.807) is 7.11 Å². The summed E-state index contributed by atoms with van der Waals surface area (Å²) in [5.74, 6) is 6.72. The Balaban J connectivity index is 1.87. The van der Waals surface area contributed by atoms with E-state index < -0.39 is 0 Å². The monoisotopic (exact) mass is 281 g/mol. The van der Waals surface area contributed by atoms with Crippen LogP contribution in [0.1, 0.15) is 16.7 Å². The van der Waals surface area contributed by atoms with Crippen LogP contribution in [-0.2, 0) is 18.0 Å². The summed E-state index contributed by atoms with van der Waals surface area (Å²) in [7, 11) is 1.66. The number of rotatable bonds is 5. The number of hydrogen-bond acceptors (Lipinski definition) is 3. The minimum atomic E-state index is 0.373. The molecule has 0 heterocycles. The van der Waals surface area contributed by atoms with Crippen LogP contribution in [0.2, 0.25) is 0 Å². The molecule has 0 atom stereocenters. The second-order valence-electron chi connectivity index (χ2n) is 4.55. The van der Waals surface area contributed by atoms with Crippen LogP contribution in [0, 0.1) is 11.8 Å². The van der Waals surface area contributed by atoms with Gasteiger partial charge in [0.1, 0.15) is 5.75 Å². The molecule has 2 aromatic rings. The number of hydrogen-bond donors (Lipinski definition) is 1. The summed E-state index contributed by atoms with van der Waals surface area (Å²) in [5, 5.41) is 0. The van der Waals surface area contributed by atoms with Crippen molar-refractivity contribution in [2.75, 3.05) is 13.7 Å². The van der Waals surface area contributed by atoms with Crippen LogP contribution in [0.4, 0.5) is 0 Å². The average molecular weight is 281 g/mol. The van der Waals surface area contributed by atoms with Gasteiger partial charge in [0.15, 0.2) is 0 Å². The fourth-order valence-electron chi connectivity index (χ4n) is 1.90. The largest absolute Gasteiger partial charge is 0.497 e. The summed E-state index contributed by atoms with van der Waals surface area (Å²) in [6.07, 6.45) is 0. The normalized spacial score (nSPS) is 9.81. The Morgan fingerprint density at radius 1 is 1.00 bits per heavy atom. The molecule has 0 saturated carbocycles. The molecule has 2 aromatic carbocycles. The number of ether oxygens (including phenoxy) is 2. The van der Waals surface area contributed by atoms with Crippen molar-refractivity contribution < 1.29 is 9.47 Å². The highest BCUT2D eigenvalue weighted by molar-refractivity contribution is 5.37. The molecule has 0 unspecified atom stereocenters. The molecule has 0 spiro atoms. The third-order valence-electron chi connectivity index (χ3n) is 2.96. The van der Waals surface area contributed by atoms with Crippen molar-refractivity contribution in [1.29, 1.82) is 0 Å². The molecule has 0 aromatic heterocycles. The molecular weight excluding hydrogens is 262 g/mol. The van der Waals surface area contributed by atoms with Crippen LogP contribution in [0.3, 0.4) is 0 Å². The molecule has 21 heavy (non-hydrogen) atoms. The van der Waals surface area contributed by atoms with Crippen LogP contribution in [0.25, 0.3) is 0 Å². The molecule has 2 rings (SSSR count). The highest BCUT2D eigenvalue weighted by Crippen LogP contribution is 2.13. The lowest BCUT2D eigenvalue weighted by Crippen LogP contribution is -1.95. The van der Waals surface area contributed by atoms with Crippen molar-refractivity contribution >= 4 is 0 Å². The summed E-state index contributed by atoms with van der Waals surface area (Å²) >= 11 is 0. The lowest BCUT2D eigenvalue weighted by Gasteiger charge is -2.06. The predicted molar refractivity (Wildman–Crippen MR) is 83.9 cm³/mol. The molecule has 0 bridgehead atoms. The molecule has 108 valence electrons. The molecule has 0 aliphatic heterocycles. The van der Waals surface area contributed by atoms with Gasteiger partial charge in [-0.3, -0.25) is 0 Å².